The lowest BCUT2D eigenvalue weighted by Gasteiger charge is -2.31. The predicted molar refractivity (Wildman–Crippen MR) is 86.4 cm³/mol. The summed E-state index contributed by atoms with van der Waals surface area (Å²) in [6, 6.07) is 3.23. The van der Waals surface area contributed by atoms with Gasteiger partial charge in [-0.15, -0.1) is 0 Å². The van der Waals surface area contributed by atoms with Crippen LogP contribution in [0.4, 0.5) is 0 Å². The first kappa shape index (κ1) is 16.7. The fraction of sp³-hybridized carbons (Fsp3) is 0.647. The molecule has 7 nitrogen and oxygen atoms in total. The Morgan fingerprint density at radius 3 is 2.79 bits per heavy atom. The van der Waals surface area contributed by atoms with Crippen LogP contribution in [0.2, 0.25) is 0 Å². The second-order valence-corrected chi connectivity index (χ2v) is 6.46. The molecule has 2 heterocycles. The van der Waals surface area contributed by atoms with E-state index in [-0.39, 0.29) is 29.9 Å². The van der Waals surface area contributed by atoms with Gasteiger partial charge in [-0.05, 0) is 38.7 Å². The minimum atomic E-state index is -0.273. The van der Waals surface area contributed by atoms with Gasteiger partial charge in [0.2, 0.25) is 5.91 Å². The summed E-state index contributed by atoms with van der Waals surface area (Å²) in [4.78, 5) is 38.0. The van der Waals surface area contributed by atoms with Gasteiger partial charge in [-0.3, -0.25) is 14.4 Å². The van der Waals surface area contributed by atoms with Crippen LogP contribution in [0.1, 0.15) is 44.2 Å². The second-order valence-electron chi connectivity index (χ2n) is 6.46. The maximum atomic E-state index is 12.5. The molecule has 2 aliphatic rings. The largest absolute Gasteiger partial charge is 0.466 e. The minimum absolute atomic E-state index is 0.0745. The smallest absolute Gasteiger partial charge is 0.310 e. The van der Waals surface area contributed by atoms with Crippen molar-refractivity contribution in [1.82, 2.24) is 14.7 Å². The Hall–Kier alpha value is -2.18. The number of esters is 1. The van der Waals surface area contributed by atoms with Gasteiger partial charge in [0.05, 0.1) is 18.2 Å². The lowest BCUT2D eigenvalue weighted by Crippen LogP contribution is -2.45. The zero-order chi connectivity index (χ0) is 17.1. The molecule has 1 aliphatic heterocycles. The molecule has 1 unspecified atom stereocenters. The lowest BCUT2D eigenvalue weighted by atomic mass is 9.98. The minimum Gasteiger partial charge on any atom is -0.466 e. The van der Waals surface area contributed by atoms with Gasteiger partial charge < -0.3 is 9.64 Å². The van der Waals surface area contributed by atoms with Crippen LogP contribution in [0.25, 0.3) is 0 Å². The van der Waals surface area contributed by atoms with E-state index in [0.29, 0.717) is 25.6 Å². The molecule has 7 heteroatoms. The number of amides is 1. The van der Waals surface area contributed by atoms with Gasteiger partial charge in [0.15, 0.2) is 0 Å². The number of nitrogens with zero attached hydrogens (tertiary/aromatic N) is 3. The summed E-state index contributed by atoms with van der Waals surface area (Å²) in [6.45, 7) is 3.00. The van der Waals surface area contributed by atoms with E-state index in [2.05, 4.69) is 5.10 Å². The summed E-state index contributed by atoms with van der Waals surface area (Å²) in [6.07, 6.45) is 3.68. The molecule has 0 radical (unpaired) electrons. The molecule has 0 aromatic carbocycles. The van der Waals surface area contributed by atoms with Gasteiger partial charge in [0.1, 0.15) is 6.54 Å². The van der Waals surface area contributed by atoms with Crippen molar-refractivity contribution in [2.75, 3.05) is 19.7 Å². The van der Waals surface area contributed by atoms with Gasteiger partial charge in [-0.1, -0.05) is 0 Å². The van der Waals surface area contributed by atoms with Gasteiger partial charge in [-0.2, -0.15) is 5.10 Å². The zero-order valence-corrected chi connectivity index (χ0v) is 13.9. The molecule has 0 bridgehead atoms. The van der Waals surface area contributed by atoms with Crippen molar-refractivity contribution in [1.29, 1.82) is 0 Å². The van der Waals surface area contributed by atoms with Crippen molar-refractivity contribution in [2.45, 2.75) is 45.1 Å². The lowest BCUT2D eigenvalue weighted by molar-refractivity contribution is -0.151. The van der Waals surface area contributed by atoms with Crippen LogP contribution < -0.4 is 5.56 Å². The van der Waals surface area contributed by atoms with Crippen molar-refractivity contribution in [3.8, 4) is 0 Å². The fourth-order valence-corrected chi connectivity index (χ4v) is 3.06. The Labute approximate surface area is 140 Å². The average Bonchev–Trinajstić information content (AvgIpc) is 3.42. The second kappa shape index (κ2) is 7.15. The average molecular weight is 333 g/mol. The quantitative estimate of drug-likeness (QED) is 0.749. The first-order valence-corrected chi connectivity index (χ1v) is 8.61. The fourth-order valence-electron chi connectivity index (χ4n) is 3.06. The highest BCUT2D eigenvalue weighted by atomic mass is 16.5. The summed E-state index contributed by atoms with van der Waals surface area (Å²) in [5, 5.41) is 4.32. The molecule has 1 aromatic rings. The summed E-state index contributed by atoms with van der Waals surface area (Å²) in [5.74, 6) is -0.271. The van der Waals surface area contributed by atoms with Gasteiger partial charge in [0, 0.05) is 25.1 Å². The van der Waals surface area contributed by atoms with Crippen molar-refractivity contribution in [2.24, 2.45) is 5.92 Å². The van der Waals surface area contributed by atoms with Crippen LogP contribution in [0.5, 0.6) is 0 Å². The number of rotatable bonds is 5. The van der Waals surface area contributed by atoms with Crippen LogP contribution in [0.15, 0.2) is 16.9 Å². The number of piperidine rings is 1. The maximum Gasteiger partial charge on any atom is 0.310 e. The monoisotopic (exact) mass is 333 g/mol. The first-order valence-electron chi connectivity index (χ1n) is 8.61. The SMILES string of the molecule is CCOC(=O)C1CCCN(C(=O)Cn2nc(C3CC3)ccc2=O)C1. The predicted octanol–water partition coefficient (Wildman–Crippen LogP) is 0.922. The van der Waals surface area contributed by atoms with Crippen LogP contribution in [-0.4, -0.2) is 46.3 Å². The number of aromatic nitrogens is 2. The molecule has 1 atom stereocenters. The van der Waals surface area contributed by atoms with Gasteiger partial charge in [-0.25, -0.2) is 4.68 Å². The summed E-state index contributed by atoms with van der Waals surface area (Å²) < 4.78 is 6.29. The van der Waals surface area contributed by atoms with E-state index in [0.717, 1.165) is 31.4 Å². The molecule has 1 aliphatic carbocycles. The maximum absolute atomic E-state index is 12.5. The van der Waals surface area contributed by atoms with Gasteiger partial charge in [0.25, 0.3) is 5.56 Å². The third kappa shape index (κ3) is 3.83. The molecule has 2 fully saturated rings. The number of hydrogen-bond acceptors (Lipinski definition) is 5. The molecule has 0 spiro atoms. The van der Waals surface area contributed by atoms with Crippen LogP contribution in [0, 0.1) is 5.92 Å². The van der Waals surface area contributed by atoms with Crippen molar-refractivity contribution in [3.05, 3.63) is 28.2 Å². The van der Waals surface area contributed by atoms with E-state index in [1.807, 2.05) is 0 Å². The van der Waals surface area contributed by atoms with E-state index in [9.17, 15) is 14.4 Å². The normalized spacial score (nSPS) is 20.7. The molecule has 24 heavy (non-hydrogen) atoms. The number of carbonyl (C=O) groups excluding carboxylic acids is 2. The topological polar surface area (TPSA) is 81.5 Å². The standard InChI is InChI=1S/C17H23N3O4/c1-2-24-17(23)13-4-3-9-19(10-13)16(22)11-20-15(21)8-7-14(18-20)12-5-6-12/h7-8,12-13H,2-6,9-11H2,1H3. The van der Waals surface area contributed by atoms with Gasteiger partial charge >= 0.3 is 5.97 Å². The molecule has 0 N–H and O–H groups in total. The number of carbonyl (C=O) groups is 2. The van der Waals surface area contributed by atoms with Crippen molar-refractivity contribution >= 4 is 11.9 Å². The van der Waals surface area contributed by atoms with Crippen LogP contribution >= 0.6 is 0 Å². The Morgan fingerprint density at radius 1 is 1.29 bits per heavy atom. The third-order valence-corrected chi connectivity index (χ3v) is 4.56. The van der Waals surface area contributed by atoms with Crippen molar-refractivity contribution < 1.29 is 14.3 Å². The molecular formula is C17H23N3O4. The molecule has 3 rings (SSSR count). The summed E-state index contributed by atoms with van der Waals surface area (Å²) >= 11 is 0. The van der Waals surface area contributed by atoms with E-state index in [1.54, 1.807) is 17.9 Å². The van der Waals surface area contributed by atoms with Crippen LogP contribution in [-0.2, 0) is 20.9 Å². The Kier molecular flexibility index (Phi) is 4.97. The highest BCUT2D eigenvalue weighted by Gasteiger charge is 2.30. The molecular weight excluding hydrogens is 310 g/mol. The Balaban J connectivity index is 1.65. The molecule has 1 aromatic heterocycles. The highest BCUT2D eigenvalue weighted by molar-refractivity contribution is 5.78. The van der Waals surface area contributed by atoms with E-state index in [4.69, 9.17) is 4.74 Å². The Bertz CT molecular complexity index is 681. The van der Waals surface area contributed by atoms with E-state index in [1.165, 1.54) is 10.7 Å². The van der Waals surface area contributed by atoms with E-state index >= 15 is 0 Å². The number of ether oxygens (including phenoxy) is 1. The van der Waals surface area contributed by atoms with Crippen LogP contribution in [0.3, 0.4) is 0 Å². The molecule has 130 valence electrons. The number of likely N-dealkylation sites (tertiary alicyclic amines) is 1. The molecule has 1 saturated carbocycles. The third-order valence-electron chi connectivity index (χ3n) is 4.56. The highest BCUT2D eigenvalue weighted by Crippen LogP contribution is 2.38. The number of hydrogen-bond donors (Lipinski definition) is 0. The summed E-state index contributed by atoms with van der Waals surface area (Å²) in [7, 11) is 0. The first-order chi connectivity index (χ1) is 11.6. The van der Waals surface area contributed by atoms with Crippen molar-refractivity contribution in [3.63, 3.8) is 0 Å². The summed E-state index contributed by atoms with van der Waals surface area (Å²) in [5.41, 5.74) is 0.608. The molecule has 1 saturated heterocycles. The zero-order valence-electron chi connectivity index (χ0n) is 13.9. The Morgan fingerprint density at radius 2 is 2.08 bits per heavy atom. The van der Waals surface area contributed by atoms with E-state index < -0.39 is 0 Å². The molecule has 1 amide bonds.